The number of hydrogen-bond donors (Lipinski definition) is 1. The molecule has 5 nitrogen and oxygen atoms in total. The van der Waals surface area contributed by atoms with E-state index < -0.39 is 10.2 Å². The van der Waals surface area contributed by atoms with Gasteiger partial charge in [-0.3, -0.25) is 0 Å². The minimum Gasteiger partial charge on any atom is -0.310 e. The van der Waals surface area contributed by atoms with E-state index in [0.29, 0.717) is 38.3 Å². The summed E-state index contributed by atoms with van der Waals surface area (Å²) >= 11 is 0. The standard InChI is InChI=1S/C13H25N3O2S.ClH/c17-19(18,15-8-3-1-2-4-9-15)16-10-7-12-5-6-13(11-16)14-12;/h12-14H,1-11H2;1H. The molecule has 3 heterocycles. The van der Waals surface area contributed by atoms with Crippen molar-refractivity contribution in [1.82, 2.24) is 13.9 Å². The molecule has 0 amide bonds. The van der Waals surface area contributed by atoms with Crippen LogP contribution in [-0.4, -0.2) is 55.3 Å². The molecule has 3 saturated heterocycles. The largest absolute Gasteiger partial charge is 0.310 e. The predicted octanol–water partition coefficient (Wildman–Crippen LogP) is 1.36. The van der Waals surface area contributed by atoms with Crippen molar-refractivity contribution < 1.29 is 8.42 Å². The summed E-state index contributed by atoms with van der Waals surface area (Å²) in [5, 5.41) is 3.55. The van der Waals surface area contributed by atoms with E-state index >= 15 is 0 Å². The van der Waals surface area contributed by atoms with Gasteiger partial charge in [0.25, 0.3) is 10.2 Å². The Morgan fingerprint density at radius 2 is 1.45 bits per heavy atom. The zero-order chi connectivity index (χ0) is 13.3. The summed E-state index contributed by atoms with van der Waals surface area (Å²) in [6.45, 7) is 2.77. The van der Waals surface area contributed by atoms with Crippen molar-refractivity contribution in [3.8, 4) is 0 Å². The molecular weight excluding hydrogens is 298 g/mol. The summed E-state index contributed by atoms with van der Waals surface area (Å²) < 4.78 is 28.9. The molecule has 3 aliphatic heterocycles. The summed E-state index contributed by atoms with van der Waals surface area (Å²) in [5.41, 5.74) is 0. The molecule has 2 atom stereocenters. The highest BCUT2D eigenvalue weighted by Crippen LogP contribution is 2.24. The lowest BCUT2D eigenvalue weighted by Crippen LogP contribution is -2.47. The molecule has 0 spiro atoms. The van der Waals surface area contributed by atoms with Crippen LogP contribution in [-0.2, 0) is 10.2 Å². The summed E-state index contributed by atoms with van der Waals surface area (Å²) in [5.74, 6) is 0. The minimum absolute atomic E-state index is 0. The van der Waals surface area contributed by atoms with E-state index in [2.05, 4.69) is 5.32 Å². The van der Waals surface area contributed by atoms with Crippen molar-refractivity contribution in [2.45, 2.75) is 57.0 Å². The van der Waals surface area contributed by atoms with Crippen LogP contribution in [0.25, 0.3) is 0 Å². The van der Waals surface area contributed by atoms with Gasteiger partial charge in [-0.25, -0.2) is 0 Å². The van der Waals surface area contributed by atoms with Crippen molar-refractivity contribution >= 4 is 22.6 Å². The second-order valence-electron chi connectivity index (χ2n) is 6.11. The molecule has 2 bridgehead atoms. The fraction of sp³-hybridized carbons (Fsp3) is 1.00. The van der Waals surface area contributed by atoms with Crippen LogP contribution >= 0.6 is 12.4 Å². The minimum atomic E-state index is -3.23. The molecule has 2 unspecified atom stereocenters. The van der Waals surface area contributed by atoms with Gasteiger partial charge in [0.15, 0.2) is 0 Å². The molecule has 3 fully saturated rings. The zero-order valence-corrected chi connectivity index (χ0v) is 13.6. The van der Waals surface area contributed by atoms with Crippen LogP contribution in [0.5, 0.6) is 0 Å². The molecule has 0 radical (unpaired) electrons. The number of fused-ring (bicyclic) bond motifs is 2. The average molecular weight is 324 g/mol. The Morgan fingerprint density at radius 1 is 0.800 bits per heavy atom. The molecule has 1 N–H and O–H groups in total. The lowest BCUT2D eigenvalue weighted by Gasteiger charge is -2.30. The van der Waals surface area contributed by atoms with Crippen LogP contribution in [0.3, 0.4) is 0 Å². The summed E-state index contributed by atoms with van der Waals surface area (Å²) in [7, 11) is -3.23. The number of nitrogens with one attached hydrogen (secondary N) is 1. The number of rotatable bonds is 2. The molecular formula is C13H26ClN3O2S. The van der Waals surface area contributed by atoms with Crippen LogP contribution in [0, 0.1) is 0 Å². The van der Waals surface area contributed by atoms with Crippen LogP contribution < -0.4 is 5.32 Å². The van der Waals surface area contributed by atoms with Crippen molar-refractivity contribution in [3.05, 3.63) is 0 Å². The van der Waals surface area contributed by atoms with Crippen molar-refractivity contribution in [2.24, 2.45) is 0 Å². The SMILES string of the molecule is Cl.O=S(=O)(N1CCCCCC1)N1CCC2CCC(C1)N2. The summed E-state index contributed by atoms with van der Waals surface area (Å²) in [4.78, 5) is 0. The lowest BCUT2D eigenvalue weighted by molar-refractivity contribution is 0.327. The topological polar surface area (TPSA) is 52.7 Å². The van der Waals surface area contributed by atoms with E-state index in [1.54, 1.807) is 8.61 Å². The molecule has 118 valence electrons. The molecule has 20 heavy (non-hydrogen) atoms. The number of hydrogen-bond acceptors (Lipinski definition) is 3. The van der Waals surface area contributed by atoms with Gasteiger partial charge in [0.2, 0.25) is 0 Å². The van der Waals surface area contributed by atoms with E-state index in [0.717, 1.165) is 38.5 Å². The van der Waals surface area contributed by atoms with E-state index in [4.69, 9.17) is 0 Å². The van der Waals surface area contributed by atoms with Gasteiger partial charge in [-0.2, -0.15) is 17.0 Å². The Morgan fingerprint density at radius 3 is 2.15 bits per heavy atom. The van der Waals surface area contributed by atoms with Gasteiger partial charge in [-0.1, -0.05) is 12.8 Å². The van der Waals surface area contributed by atoms with E-state index in [1.807, 2.05) is 0 Å². The number of nitrogens with zero attached hydrogens (tertiary/aromatic N) is 2. The zero-order valence-electron chi connectivity index (χ0n) is 12.0. The first-order valence-electron chi connectivity index (χ1n) is 7.67. The lowest BCUT2D eigenvalue weighted by atomic mass is 10.1. The third-order valence-electron chi connectivity index (χ3n) is 4.70. The molecule has 0 aromatic carbocycles. The fourth-order valence-electron chi connectivity index (χ4n) is 3.56. The second kappa shape index (κ2) is 6.92. The number of halogens is 1. The van der Waals surface area contributed by atoms with Crippen molar-refractivity contribution in [2.75, 3.05) is 26.2 Å². The van der Waals surface area contributed by atoms with Gasteiger partial charge in [0.1, 0.15) is 0 Å². The van der Waals surface area contributed by atoms with Crippen molar-refractivity contribution in [3.63, 3.8) is 0 Å². The normalized spacial score (nSPS) is 33.2. The van der Waals surface area contributed by atoms with Gasteiger partial charge in [-0.05, 0) is 32.1 Å². The highest BCUT2D eigenvalue weighted by Gasteiger charge is 2.36. The Balaban J connectivity index is 0.00000147. The molecule has 0 aliphatic carbocycles. The van der Waals surface area contributed by atoms with Gasteiger partial charge in [0.05, 0.1) is 0 Å². The Hall–Kier alpha value is 0.120. The van der Waals surface area contributed by atoms with E-state index in [9.17, 15) is 8.42 Å². The Kier molecular flexibility index (Phi) is 5.71. The first-order valence-corrected chi connectivity index (χ1v) is 9.07. The van der Waals surface area contributed by atoms with Crippen LogP contribution in [0.15, 0.2) is 0 Å². The monoisotopic (exact) mass is 323 g/mol. The molecule has 3 rings (SSSR count). The smallest absolute Gasteiger partial charge is 0.282 e. The van der Waals surface area contributed by atoms with Crippen LogP contribution in [0.2, 0.25) is 0 Å². The second-order valence-corrected chi connectivity index (χ2v) is 8.03. The maximum absolute atomic E-state index is 12.7. The molecule has 0 aromatic rings. The van der Waals surface area contributed by atoms with E-state index in [1.165, 1.54) is 6.42 Å². The van der Waals surface area contributed by atoms with Crippen LogP contribution in [0.1, 0.15) is 44.9 Å². The van der Waals surface area contributed by atoms with E-state index in [-0.39, 0.29) is 12.4 Å². The summed E-state index contributed by atoms with van der Waals surface area (Å²) in [6, 6.07) is 0.906. The van der Waals surface area contributed by atoms with Gasteiger partial charge >= 0.3 is 0 Å². The summed E-state index contributed by atoms with van der Waals surface area (Å²) in [6.07, 6.45) is 7.65. The third-order valence-corrected chi connectivity index (χ3v) is 6.71. The average Bonchev–Trinajstić information content (AvgIpc) is 2.57. The Bertz CT molecular complexity index is 410. The van der Waals surface area contributed by atoms with Gasteiger partial charge in [0, 0.05) is 38.3 Å². The maximum Gasteiger partial charge on any atom is 0.282 e. The molecule has 7 heteroatoms. The molecule has 0 aromatic heterocycles. The fourth-order valence-corrected chi connectivity index (χ4v) is 5.31. The first-order chi connectivity index (χ1) is 9.16. The van der Waals surface area contributed by atoms with Crippen LogP contribution in [0.4, 0.5) is 0 Å². The molecule has 0 saturated carbocycles. The predicted molar refractivity (Wildman–Crippen MR) is 82.3 cm³/mol. The maximum atomic E-state index is 12.7. The highest BCUT2D eigenvalue weighted by molar-refractivity contribution is 7.86. The highest BCUT2D eigenvalue weighted by atomic mass is 35.5. The third kappa shape index (κ3) is 3.47. The first kappa shape index (κ1) is 16.5. The van der Waals surface area contributed by atoms with Crippen molar-refractivity contribution in [1.29, 1.82) is 0 Å². The van der Waals surface area contributed by atoms with Gasteiger partial charge in [-0.15, -0.1) is 12.4 Å². The van der Waals surface area contributed by atoms with Gasteiger partial charge < -0.3 is 5.32 Å². The molecule has 3 aliphatic rings. The quantitative estimate of drug-likeness (QED) is 0.834. The Labute approximate surface area is 128 Å².